The molecule has 2 aromatic rings. The molecule has 0 aliphatic carbocycles. The largest absolute Gasteiger partial charge is 0.344 e. The van der Waals surface area contributed by atoms with Gasteiger partial charge in [0, 0.05) is 18.1 Å². The Balaban J connectivity index is 2.56. The first-order valence-electron chi connectivity index (χ1n) is 6.46. The van der Waals surface area contributed by atoms with E-state index in [0.717, 1.165) is 15.5 Å². The van der Waals surface area contributed by atoms with Crippen LogP contribution < -0.4 is 0 Å². The first-order valence-corrected chi connectivity index (χ1v) is 7.79. The van der Waals surface area contributed by atoms with E-state index in [2.05, 4.69) is 20.9 Å². The van der Waals surface area contributed by atoms with Crippen molar-refractivity contribution >= 4 is 44.5 Å². The SMILES string of the molecule is CCN(C)C(=O)C(C)n1c(CCl)nc2ccc(Br)cc21. The zero-order chi connectivity index (χ0) is 14.9. The quantitative estimate of drug-likeness (QED) is 0.784. The first kappa shape index (κ1) is 15.3. The van der Waals surface area contributed by atoms with Crippen LogP contribution in [0.25, 0.3) is 11.0 Å². The smallest absolute Gasteiger partial charge is 0.245 e. The molecule has 0 saturated carbocycles. The molecule has 0 spiro atoms. The summed E-state index contributed by atoms with van der Waals surface area (Å²) in [5.74, 6) is 1.04. The summed E-state index contributed by atoms with van der Waals surface area (Å²) in [5.41, 5.74) is 1.77. The third kappa shape index (κ3) is 2.69. The van der Waals surface area contributed by atoms with Gasteiger partial charge < -0.3 is 9.47 Å². The number of hydrogen-bond donors (Lipinski definition) is 0. The summed E-state index contributed by atoms with van der Waals surface area (Å²) in [7, 11) is 1.80. The summed E-state index contributed by atoms with van der Waals surface area (Å²) in [5, 5.41) is 0. The fourth-order valence-electron chi connectivity index (χ4n) is 2.23. The van der Waals surface area contributed by atoms with Crippen molar-refractivity contribution in [1.82, 2.24) is 14.5 Å². The van der Waals surface area contributed by atoms with E-state index in [9.17, 15) is 4.79 Å². The summed E-state index contributed by atoms with van der Waals surface area (Å²) >= 11 is 9.44. The molecule has 0 N–H and O–H groups in total. The lowest BCUT2D eigenvalue weighted by Crippen LogP contribution is -2.33. The highest BCUT2D eigenvalue weighted by Gasteiger charge is 2.23. The number of benzene rings is 1. The molecule has 2 rings (SSSR count). The van der Waals surface area contributed by atoms with E-state index in [-0.39, 0.29) is 17.8 Å². The van der Waals surface area contributed by atoms with Gasteiger partial charge in [0.1, 0.15) is 11.9 Å². The molecule has 1 heterocycles. The zero-order valence-electron chi connectivity index (χ0n) is 11.7. The van der Waals surface area contributed by atoms with Gasteiger partial charge in [-0.1, -0.05) is 15.9 Å². The van der Waals surface area contributed by atoms with Crippen molar-refractivity contribution in [2.45, 2.75) is 25.8 Å². The molecule has 1 aromatic heterocycles. The van der Waals surface area contributed by atoms with Gasteiger partial charge in [0.05, 0.1) is 16.9 Å². The maximum atomic E-state index is 12.4. The van der Waals surface area contributed by atoms with Gasteiger partial charge in [-0.15, -0.1) is 11.6 Å². The van der Waals surface area contributed by atoms with Gasteiger partial charge in [-0.2, -0.15) is 0 Å². The lowest BCUT2D eigenvalue weighted by molar-refractivity contribution is -0.132. The Kier molecular flexibility index (Phi) is 4.70. The summed E-state index contributed by atoms with van der Waals surface area (Å²) in [6.07, 6.45) is 0. The van der Waals surface area contributed by atoms with Gasteiger partial charge in [-0.05, 0) is 32.0 Å². The zero-order valence-corrected chi connectivity index (χ0v) is 14.1. The fraction of sp³-hybridized carbons (Fsp3) is 0.429. The highest BCUT2D eigenvalue weighted by Crippen LogP contribution is 2.26. The third-order valence-corrected chi connectivity index (χ3v) is 4.17. The van der Waals surface area contributed by atoms with Gasteiger partial charge in [0.25, 0.3) is 0 Å². The predicted octanol–water partition coefficient (Wildman–Crippen LogP) is 3.58. The Bertz CT molecular complexity index is 641. The van der Waals surface area contributed by atoms with Crippen LogP contribution in [0.5, 0.6) is 0 Å². The van der Waals surface area contributed by atoms with Crippen LogP contribution in [0, 0.1) is 0 Å². The molecule has 6 heteroatoms. The van der Waals surface area contributed by atoms with E-state index in [4.69, 9.17) is 11.6 Å². The van der Waals surface area contributed by atoms with Crippen molar-refractivity contribution < 1.29 is 4.79 Å². The number of carbonyl (C=O) groups excluding carboxylic acids is 1. The lowest BCUT2D eigenvalue weighted by atomic mass is 10.2. The van der Waals surface area contributed by atoms with Crippen LogP contribution >= 0.6 is 27.5 Å². The topological polar surface area (TPSA) is 38.1 Å². The Morgan fingerprint density at radius 1 is 1.55 bits per heavy atom. The molecule has 0 bridgehead atoms. The average molecular weight is 359 g/mol. The number of alkyl halides is 1. The van der Waals surface area contributed by atoms with Crippen molar-refractivity contribution in [1.29, 1.82) is 0 Å². The minimum atomic E-state index is -0.326. The van der Waals surface area contributed by atoms with Crippen molar-refractivity contribution in [2.75, 3.05) is 13.6 Å². The van der Waals surface area contributed by atoms with Crippen LogP contribution in [0.3, 0.4) is 0 Å². The number of likely N-dealkylation sites (N-methyl/N-ethyl adjacent to an activating group) is 1. The number of halogens is 2. The maximum Gasteiger partial charge on any atom is 0.245 e. The summed E-state index contributed by atoms with van der Waals surface area (Å²) in [4.78, 5) is 18.6. The van der Waals surface area contributed by atoms with Gasteiger partial charge in [0.15, 0.2) is 0 Å². The second-order valence-electron chi connectivity index (χ2n) is 4.69. The monoisotopic (exact) mass is 357 g/mol. The Hall–Kier alpha value is -1.07. The Morgan fingerprint density at radius 3 is 2.85 bits per heavy atom. The molecule has 0 aliphatic heterocycles. The number of amides is 1. The van der Waals surface area contributed by atoms with Crippen molar-refractivity contribution in [3.63, 3.8) is 0 Å². The number of aromatic nitrogens is 2. The molecular formula is C14H17BrClN3O. The van der Waals surface area contributed by atoms with E-state index in [1.807, 2.05) is 36.6 Å². The van der Waals surface area contributed by atoms with E-state index in [0.29, 0.717) is 12.4 Å². The molecular weight excluding hydrogens is 342 g/mol. The minimum Gasteiger partial charge on any atom is -0.344 e. The molecule has 108 valence electrons. The third-order valence-electron chi connectivity index (χ3n) is 3.44. The van der Waals surface area contributed by atoms with E-state index >= 15 is 0 Å². The minimum absolute atomic E-state index is 0.0538. The summed E-state index contributed by atoms with van der Waals surface area (Å²) in [6.45, 7) is 4.51. The van der Waals surface area contributed by atoms with Gasteiger partial charge >= 0.3 is 0 Å². The molecule has 1 atom stereocenters. The molecule has 0 aliphatic rings. The number of carbonyl (C=O) groups is 1. The van der Waals surface area contributed by atoms with Gasteiger partial charge in [-0.25, -0.2) is 4.98 Å². The van der Waals surface area contributed by atoms with Crippen molar-refractivity contribution in [2.24, 2.45) is 0 Å². The molecule has 1 amide bonds. The van der Waals surface area contributed by atoms with Gasteiger partial charge in [0.2, 0.25) is 5.91 Å². The fourth-order valence-corrected chi connectivity index (χ4v) is 2.77. The van der Waals surface area contributed by atoms with Gasteiger partial charge in [-0.3, -0.25) is 4.79 Å². The van der Waals surface area contributed by atoms with Crippen LogP contribution in [0.2, 0.25) is 0 Å². The highest BCUT2D eigenvalue weighted by molar-refractivity contribution is 9.10. The lowest BCUT2D eigenvalue weighted by Gasteiger charge is -2.22. The molecule has 0 radical (unpaired) electrons. The van der Waals surface area contributed by atoms with E-state index in [1.165, 1.54) is 0 Å². The summed E-state index contributed by atoms with van der Waals surface area (Å²) < 4.78 is 2.87. The normalized spacial score (nSPS) is 12.7. The van der Waals surface area contributed by atoms with E-state index < -0.39 is 0 Å². The van der Waals surface area contributed by atoms with Crippen LogP contribution in [0.15, 0.2) is 22.7 Å². The van der Waals surface area contributed by atoms with Crippen LogP contribution in [0.1, 0.15) is 25.7 Å². The molecule has 20 heavy (non-hydrogen) atoms. The second kappa shape index (κ2) is 6.14. The molecule has 1 aromatic carbocycles. The van der Waals surface area contributed by atoms with Crippen LogP contribution in [-0.2, 0) is 10.7 Å². The second-order valence-corrected chi connectivity index (χ2v) is 5.88. The summed E-state index contributed by atoms with van der Waals surface area (Å²) in [6, 6.07) is 5.50. The van der Waals surface area contributed by atoms with E-state index in [1.54, 1.807) is 11.9 Å². The molecule has 0 fully saturated rings. The number of imidazole rings is 1. The standard InChI is InChI=1S/C14H17BrClN3O/c1-4-18(3)14(20)9(2)19-12-7-10(15)5-6-11(12)17-13(19)8-16/h5-7,9H,4,8H2,1-3H3. The average Bonchev–Trinajstić information content (AvgIpc) is 2.82. The number of rotatable bonds is 4. The number of fused-ring (bicyclic) bond motifs is 1. The van der Waals surface area contributed by atoms with Crippen molar-refractivity contribution in [3.05, 3.63) is 28.5 Å². The number of hydrogen-bond acceptors (Lipinski definition) is 2. The van der Waals surface area contributed by atoms with Crippen LogP contribution in [-0.4, -0.2) is 34.0 Å². The highest BCUT2D eigenvalue weighted by atomic mass is 79.9. The van der Waals surface area contributed by atoms with Crippen molar-refractivity contribution in [3.8, 4) is 0 Å². The Labute approximate surface area is 131 Å². The predicted molar refractivity (Wildman–Crippen MR) is 85.0 cm³/mol. The maximum absolute atomic E-state index is 12.4. The molecule has 1 unspecified atom stereocenters. The molecule has 4 nitrogen and oxygen atoms in total. The molecule has 0 saturated heterocycles. The van der Waals surface area contributed by atoms with Crippen LogP contribution in [0.4, 0.5) is 0 Å². The first-order chi connectivity index (χ1) is 9.49. The Morgan fingerprint density at radius 2 is 2.25 bits per heavy atom. The number of nitrogens with zero attached hydrogens (tertiary/aromatic N) is 3.